The van der Waals surface area contributed by atoms with E-state index < -0.39 is 0 Å². The number of thiophene rings is 1. The van der Waals surface area contributed by atoms with Gasteiger partial charge in [-0.25, -0.2) is 0 Å². The maximum atomic E-state index is 5.91. The molecule has 0 aliphatic heterocycles. The highest BCUT2D eigenvalue weighted by molar-refractivity contribution is 7.14. The van der Waals surface area contributed by atoms with E-state index in [4.69, 9.17) is 11.6 Å². The molecule has 1 atom stereocenters. The minimum absolute atomic E-state index is 0.439. The Hall–Kier alpha value is -0.0500. The van der Waals surface area contributed by atoms with Crippen LogP contribution in [0.2, 0.25) is 4.34 Å². The summed E-state index contributed by atoms with van der Waals surface area (Å²) in [4.78, 5) is 0. The van der Waals surface area contributed by atoms with Gasteiger partial charge in [0.2, 0.25) is 0 Å². The molecule has 1 nitrogen and oxygen atoms in total. The van der Waals surface area contributed by atoms with Gasteiger partial charge in [0.05, 0.1) is 4.34 Å². The third-order valence-corrected chi connectivity index (χ3v) is 4.43. The van der Waals surface area contributed by atoms with Gasteiger partial charge in [0.15, 0.2) is 0 Å². The zero-order valence-electron chi connectivity index (χ0n) is 9.13. The molecule has 0 bridgehead atoms. The van der Waals surface area contributed by atoms with Crippen molar-refractivity contribution >= 4 is 22.9 Å². The molecule has 1 fully saturated rings. The summed E-state index contributed by atoms with van der Waals surface area (Å²) in [7, 11) is 0. The number of hydrogen-bond donors (Lipinski definition) is 1. The summed E-state index contributed by atoms with van der Waals surface area (Å²) in [5, 5.41) is 5.70. The van der Waals surface area contributed by atoms with E-state index in [-0.39, 0.29) is 0 Å². The smallest absolute Gasteiger partial charge is 0.0931 e. The van der Waals surface area contributed by atoms with Crippen molar-refractivity contribution < 1.29 is 0 Å². The Morgan fingerprint density at radius 1 is 1.60 bits per heavy atom. The molecule has 0 saturated heterocycles. The van der Waals surface area contributed by atoms with Crippen molar-refractivity contribution in [3.8, 4) is 0 Å². The van der Waals surface area contributed by atoms with Crippen LogP contribution < -0.4 is 5.32 Å². The van der Waals surface area contributed by atoms with E-state index in [9.17, 15) is 0 Å². The highest BCUT2D eigenvalue weighted by Gasteiger charge is 2.17. The predicted molar refractivity (Wildman–Crippen MR) is 67.7 cm³/mol. The van der Waals surface area contributed by atoms with Gasteiger partial charge in [-0.15, -0.1) is 11.3 Å². The van der Waals surface area contributed by atoms with Crippen LogP contribution >= 0.6 is 22.9 Å². The topological polar surface area (TPSA) is 12.0 Å². The molecule has 0 amide bonds. The van der Waals surface area contributed by atoms with Crippen molar-refractivity contribution in [2.75, 3.05) is 6.54 Å². The Morgan fingerprint density at radius 3 is 2.93 bits per heavy atom. The molecule has 0 radical (unpaired) electrons. The first kappa shape index (κ1) is 11.4. The van der Waals surface area contributed by atoms with E-state index in [2.05, 4.69) is 23.7 Å². The zero-order valence-corrected chi connectivity index (χ0v) is 10.7. The first-order valence-corrected chi connectivity index (χ1v) is 6.99. The number of halogens is 1. The lowest BCUT2D eigenvalue weighted by Gasteiger charge is -2.26. The summed E-state index contributed by atoms with van der Waals surface area (Å²) in [6.07, 6.45) is 5.67. The Morgan fingerprint density at radius 2 is 2.40 bits per heavy atom. The molecule has 1 saturated carbocycles. The standard InChI is InChI=1S/C12H18ClNS/c1-9(11-7-12(13)15-8-11)14-6-5-10-3-2-4-10/h7-10,14H,2-6H2,1H3. The van der Waals surface area contributed by atoms with Gasteiger partial charge >= 0.3 is 0 Å². The second-order valence-corrected chi connectivity index (χ2v) is 5.99. The van der Waals surface area contributed by atoms with E-state index in [0.29, 0.717) is 6.04 Å². The molecule has 1 heterocycles. The van der Waals surface area contributed by atoms with Crippen LogP contribution in [0.15, 0.2) is 11.4 Å². The normalized spacial score (nSPS) is 18.8. The van der Waals surface area contributed by atoms with Crippen molar-refractivity contribution in [3.63, 3.8) is 0 Å². The molecule has 0 spiro atoms. The van der Waals surface area contributed by atoms with E-state index in [1.165, 1.54) is 31.2 Å². The molecule has 84 valence electrons. The highest BCUT2D eigenvalue weighted by atomic mass is 35.5. The summed E-state index contributed by atoms with van der Waals surface area (Å²) in [5.41, 5.74) is 1.32. The van der Waals surface area contributed by atoms with Crippen molar-refractivity contribution in [2.45, 2.75) is 38.6 Å². The second-order valence-electron chi connectivity index (χ2n) is 4.45. The Kier molecular flexibility index (Phi) is 4.06. The van der Waals surface area contributed by atoms with Crippen LogP contribution in [0.1, 0.15) is 44.2 Å². The summed E-state index contributed by atoms with van der Waals surface area (Å²) in [5.74, 6) is 0.996. The predicted octanol–water partition coefficient (Wildman–Crippen LogP) is 4.24. The summed E-state index contributed by atoms with van der Waals surface area (Å²) < 4.78 is 0.887. The number of hydrogen-bond acceptors (Lipinski definition) is 2. The van der Waals surface area contributed by atoms with E-state index in [1.807, 2.05) is 0 Å². The fraction of sp³-hybridized carbons (Fsp3) is 0.667. The van der Waals surface area contributed by atoms with Crippen molar-refractivity contribution in [1.29, 1.82) is 0 Å². The molecule has 1 aromatic rings. The van der Waals surface area contributed by atoms with Gasteiger partial charge in [-0.2, -0.15) is 0 Å². The number of rotatable bonds is 5. The van der Waals surface area contributed by atoms with Gasteiger partial charge in [-0.05, 0) is 42.8 Å². The lowest BCUT2D eigenvalue weighted by atomic mass is 9.83. The van der Waals surface area contributed by atoms with Crippen LogP contribution in [-0.2, 0) is 0 Å². The highest BCUT2D eigenvalue weighted by Crippen LogP contribution is 2.29. The van der Waals surface area contributed by atoms with Crippen LogP contribution in [0.3, 0.4) is 0 Å². The second kappa shape index (κ2) is 5.33. The monoisotopic (exact) mass is 243 g/mol. The summed E-state index contributed by atoms with van der Waals surface area (Å²) >= 11 is 7.52. The first-order valence-electron chi connectivity index (χ1n) is 5.73. The van der Waals surface area contributed by atoms with Crippen molar-refractivity contribution in [1.82, 2.24) is 5.32 Å². The van der Waals surface area contributed by atoms with Crippen LogP contribution in [0.25, 0.3) is 0 Å². The van der Waals surface area contributed by atoms with Crippen molar-refractivity contribution in [3.05, 3.63) is 21.3 Å². The summed E-state index contributed by atoms with van der Waals surface area (Å²) in [6.45, 7) is 3.35. The van der Waals surface area contributed by atoms with Crippen LogP contribution in [0, 0.1) is 5.92 Å². The third kappa shape index (κ3) is 3.20. The van der Waals surface area contributed by atoms with Gasteiger partial charge < -0.3 is 5.32 Å². The minimum atomic E-state index is 0.439. The van der Waals surface area contributed by atoms with Gasteiger partial charge in [-0.1, -0.05) is 30.9 Å². The molecule has 1 unspecified atom stereocenters. The van der Waals surface area contributed by atoms with Gasteiger partial charge in [0.25, 0.3) is 0 Å². The van der Waals surface area contributed by atoms with E-state index in [0.717, 1.165) is 16.8 Å². The van der Waals surface area contributed by atoms with Crippen LogP contribution in [-0.4, -0.2) is 6.54 Å². The maximum absolute atomic E-state index is 5.91. The Bertz CT molecular complexity index is 306. The summed E-state index contributed by atoms with van der Waals surface area (Å²) in [6, 6.07) is 2.50. The Balaban J connectivity index is 1.69. The van der Waals surface area contributed by atoms with Crippen LogP contribution in [0.5, 0.6) is 0 Å². The largest absolute Gasteiger partial charge is 0.310 e. The zero-order chi connectivity index (χ0) is 10.7. The molecule has 1 aromatic heterocycles. The van der Waals surface area contributed by atoms with E-state index in [1.54, 1.807) is 11.3 Å². The fourth-order valence-electron chi connectivity index (χ4n) is 1.95. The first-order chi connectivity index (χ1) is 7.25. The lowest BCUT2D eigenvalue weighted by molar-refractivity contribution is 0.288. The molecular formula is C12H18ClNS. The molecular weight excluding hydrogens is 226 g/mol. The maximum Gasteiger partial charge on any atom is 0.0931 e. The molecule has 3 heteroatoms. The Labute approximate surface area is 101 Å². The number of nitrogens with one attached hydrogen (secondary N) is 1. The van der Waals surface area contributed by atoms with Gasteiger partial charge in [0, 0.05) is 6.04 Å². The third-order valence-electron chi connectivity index (χ3n) is 3.32. The van der Waals surface area contributed by atoms with Gasteiger partial charge in [0.1, 0.15) is 0 Å². The van der Waals surface area contributed by atoms with E-state index >= 15 is 0 Å². The lowest BCUT2D eigenvalue weighted by Crippen LogP contribution is -2.23. The molecule has 0 aromatic carbocycles. The van der Waals surface area contributed by atoms with Gasteiger partial charge in [-0.3, -0.25) is 0 Å². The molecule has 1 aliphatic carbocycles. The molecule has 2 rings (SSSR count). The molecule has 1 N–H and O–H groups in total. The SMILES string of the molecule is CC(NCCC1CCC1)c1csc(Cl)c1. The molecule has 1 aliphatic rings. The molecule has 15 heavy (non-hydrogen) atoms. The van der Waals surface area contributed by atoms with Crippen molar-refractivity contribution in [2.24, 2.45) is 5.92 Å². The minimum Gasteiger partial charge on any atom is -0.310 e. The fourth-order valence-corrected chi connectivity index (χ4v) is 2.94. The quantitative estimate of drug-likeness (QED) is 0.816. The average molecular weight is 244 g/mol. The average Bonchev–Trinajstić information content (AvgIpc) is 2.56. The van der Waals surface area contributed by atoms with Crippen LogP contribution in [0.4, 0.5) is 0 Å².